The van der Waals surface area contributed by atoms with Gasteiger partial charge >= 0.3 is 0 Å². The third-order valence-corrected chi connectivity index (χ3v) is 13.4. The highest BCUT2D eigenvalue weighted by Crippen LogP contribution is 2.59. The summed E-state index contributed by atoms with van der Waals surface area (Å²) in [5, 5.41) is 4.45. The lowest BCUT2D eigenvalue weighted by atomic mass is 9.68. The lowest BCUT2D eigenvalue weighted by Crippen LogP contribution is -2.28. The van der Waals surface area contributed by atoms with Gasteiger partial charge in [-0.1, -0.05) is 170 Å². The molecule has 64 heavy (non-hydrogen) atoms. The van der Waals surface area contributed by atoms with Crippen LogP contribution in [0.5, 0.6) is 0 Å². The van der Waals surface area contributed by atoms with E-state index in [0.717, 1.165) is 83.2 Å². The fourth-order valence-electron chi connectivity index (χ4n) is 10.5. The van der Waals surface area contributed by atoms with Crippen molar-refractivity contribution < 1.29 is 8.83 Å². The average Bonchev–Trinajstić information content (AvgIpc) is 4.03. The molecule has 1 aliphatic carbocycles. The van der Waals surface area contributed by atoms with Gasteiger partial charge < -0.3 is 13.7 Å². The molecule has 0 saturated carbocycles. The molecule has 0 saturated heterocycles. The standard InChI is InChI=1S/C61H39NO2/c1-3-17-44(18-4-1)61(45-19-5-2-6-20-45)53-24-10-7-23-50(53)60-54(61)25-14-26-55(60)62(47-34-36-59-52(39-47)49-22-9-12-28-57(49)64-59)46-32-29-40(30-33-46)41-15-13-16-42(37-41)43-31-35-58-51(38-43)48-21-8-11-27-56(48)63-58/h1-39H. The van der Waals surface area contributed by atoms with Crippen LogP contribution < -0.4 is 4.90 Å². The molecule has 0 atom stereocenters. The second-order valence-corrected chi connectivity index (χ2v) is 16.8. The molecule has 10 aromatic carbocycles. The minimum atomic E-state index is -0.523. The van der Waals surface area contributed by atoms with Crippen molar-refractivity contribution >= 4 is 60.9 Å². The fraction of sp³-hybridized carbons (Fsp3) is 0.0164. The van der Waals surface area contributed by atoms with Gasteiger partial charge in [-0.05, 0) is 117 Å². The van der Waals surface area contributed by atoms with Crippen LogP contribution >= 0.6 is 0 Å². The molecule has 0 bridgehead atoms. The summed E-state index contributed by atoms with van der Waals surface area (Å²) in [4.78, 5) is 2.44. The molecule has 1 aliphatic rings. The van der Waals surface area contributed by atoms with Gasteiger partial charge in [0.15, 0.2) is 0 Å². The molecule has 2 aromatic heterocycles. The van der Waals surface area contributed by atoms with Gasteiger partial charge in [0.25, 0.3) is 0 Å². The number of benzene rings is 10. The van der Waals surface area contributed by atoms with Crippen molar-refractivity contribution in [2.45, 2.75) is 5.41 Å². The highest BCUT2D eigenvalue weighted by molar-refractivity contribution is 6.08. The highest BCUT2D eigenvalue weighted by Gasteiger charge is 2.47. The quantitative estimate of drug-likeness (QED) is 0.160. The lowest BCUT2D eigenvalue weighted by molar-refractivity contribution is 0.668. The number of rotatable bonds is 7. The van der Waals surface area contributed by atoms with E-state index in [-0.39, 0.29) is 0 Å². The molecule has 2 heterocycles. The van der Waals surface area contributed by atoms with Gasteiger partial charge in [-0.25, -0.2) is 0 Å². The zero-order valence-corrected chi connectivity index (χ0v) is 34.8. The molecule has 0 aliphatic heterocycles. The van der Waals surface area contributed by atoms with Gasteiger partial charge in [0.1, 0.15) is 22.3 Å². The Morgan fingerprint density at radius 3 is 1.52 bits per heavy atom. The van der Waals surface area contributed by atoms with E-state index < -0.39 is 5.41 Å². The first-order chi connectivity index (χ1) is 31.7. The van der Waals surface area contributed by atoms with E-state index in [4.69, 9.17) is 8.83 Å². The van der Waals surface area contributed by atoms with Gasteiger partial charge in [0.05, 0.1) is 11.1 Å². The summed E-state index contributed by atoms with van der Waals surface area (Å²) in [5.41, 5.74) is 18.4. The Hall–Kier alpha value is -8.40. The normalized spacial score (nSPS) is 12.8. The van der Waals surface area contributed by atoms with Crippen LogP contribution in [0.1, 0.15) is 22.3 Å². The molecule has 0 fully saturated rings. The first-order valence-corrected chi connectivity index (χ1v) is 21.9. The third-order valence-electron chi connectivity index (χ3n) is 13.4. The zero-order valence-electron chi connectivity index (χ0n) is 34.8. The van der Waals surface area contributed by atoms with Crippen molar-refractivity contribution in [2.24, 2.45) is 0 Å². The van der Waals surface area contributed by atoms with Crippen LogP contribution in [-0.2, 0) is 5.41 Å². The van der Waals surface area contributed by atoms with E-state index in [2.05, 4.69) is 217 Å². The van der Waals surface area contributed by atoms with E-state index >= 15 is 0 Å². The fourth-order valence-corrected chi connectivity index (χ4v) is 10.5. The molecule has 13 rings (SSSR count). The molecule has 0 spiro atoms. The summed E-state index contributed by atoms with van der Waals surface area (Å²) in [6.45, 7) is 0. The van der Waals surface area contributed by atoms with Crippen molar-refractivity contribution in [2.75, 3.05) is 4.90 Å². The van der Waals surface area contributed by atoms with Crippen LogP contribution in [0.3, 0.4) is 0 Å². The maximum absolute atomic E-state index is 6.36. The number of furan rings is 2. The molecule has 0 unspecified atom stereocenters. The molecular weight excluding hydrogens is 779 g/mol. The molecule has 3 heteroatoms. The number of hydrogen-bond acceptors (Lipinski definition) is 3. The first-order valence-electron chi connectivity index (χ1n) is 21.9. The Morgan fingerprint density at radius 2 is 0.812 bits per heavy atom. The molecule has 0 radical (unpaired) electrons. The minimum absolute atomic E-state index is 0.523. The second kappa shape index (κ2) is 14.3. The summed E-state index contributed by atoms with van der Waals surface area (Å²) in [6.07, 6.45) is 0. The summed E-state index contributed by atoms with van der Waals surface area (Å²) in [6, 6.07) is 85.5. The van der Waals surface area contributed by atoms with Crippen molar-refractivity contribution in [3.63, 3.8) is 0 Å². The predicted molar refractivity (Wildman–Crippen MR) is 264 cm³/mol. The topological polar surface area (TPSA) is 29.5 Å². The van der Waals surface area contributed by atoms with E-state index in [1.54, 1.807) is 0 Å². The largest absolute Gasteiger partial charge is 0.456 e. The smallest absolute Gasteiger partial charge is 0.135 e. The maximum Gasteiger partial charge on any atom is 0.135 e. The summed E-state index contributed by atoms with van der Waals surface area (Å²) in [5.74, 6) is 0. The number of hydrogen-bond donors (Lipinski definition) is 0. The van der Waals surface area contributed by atoms with Gasteiger partial charge in [0, 0.05) is 38.5 Å². The van der Waals surface area contributed by atoms with Crippen LogP contribution in [-0.4, -0.2) is 0 Å². The van der Waals surface area contributed by atoms with Gasteiger partial charge in [0.2, 0.25) is 0 Å². The van der Waals surface area contributed by atoms with Crippen LogP contribution in [0.4, 0.5) is 17.1 Å². The highest BCUT2D eigenvalue weighted by atomic mass is 16.3. The molecule has 12 aromatic rings. The van der Waals surface area contributed by atoms with E-state index in [9.17, 15) is 0 Å². The van der Waals surface area contributed by atoms with Gasteiger partial charge in [-0.2, -0.15) is 0 Å². The van der Waals surface area contributed by atoms with Crippen molar-refractivity contribution in [3.05, 3.63) is 259 Å². The van der Waals surface area contributed by atoms with E-state index in [1.807, 2.05) is 24.3 Å². The molecular formula is C61H39NO2. The summed E-state index contributed by atoms with van der Waals surface area (Å²) < 4.78 is 12.5. The number of fused-ring (bicyclic) bond motifs is 9. The lowest BCUT2D eigenvalue weighted by Gasteiger charge is -2.34. The van der Waals surface area contributed by atoms with Crippen LogP contribution in [0.25, 0.3) is 77.3 Å². The van der Waals surface area contributed by atoms with Gasteiger partial charge in [-0.15, -0.1) is 0 Å². The number of para-hydroxylation sites is 2. The Bertz CT molecular complexity index is 3690. The predicted octanol–water partition coefficient (Wildman–Crippen LogP) is 16.7. The number of nitrogens with zero attached hydrogens (tertiary/aromatic N) is 1. The Kier molecular flexibility index (Phi) is 8.13. The van der Waals surface area contributed by atoms with Crippen molar-refractivity contribution in [3.8, 4) is 33.4 Å². The van der Waals surface area contributed by atoms with Crippen molar-refractivity contribution in [1.29, 1.82) is 0 Å². The zero-order chi connectivity index (χ0) is 42.2. The van der Waals surface area contributed by atoms with Crippen molar-refractivity contribution in [1.82, 2.24) is 0 Å². The second-order valence-electron chi connectivity index (χ2n) is 16.8. The Balaban J connectivity index is 0.989. The van der Waals surface area contributed by atoms with E-state index in [0.29, 0.717) is 0 Å². The minimum Gasteiger partial charge on any atom is -0.456 e. The SMILES string of the molecule is c1ccc(C2(c3ccccc3)c3ccccc3-c3c(N(c4ccc(-c5cccc(-c6ccc7oc8ccccc8c7c6)c5)cc4)c4ccc5oc6ccccc6c5c4)cccc32)cc1. The van der Waals surface area contributed by atoms with Crippen LogP contribution in [0.15, 0.2) is 245 Å². The molecule has 0 amide bonds. The summed E-state index contributed by atoms with van der Waals surface area (Å²) >= 11 is 0. The van der Waals surface area contributed by atoms with Crippen LogP contribution in [0, 0.1) is 0 Å². The molecule has 3 nitrogen and oxygen atoms in total. The van der Waals surface area contributed by atoms with Crippen LogP contribution in [0.2, 0.25) is 0 Å². The average molecular weight is 818 g/mol. The first kappa shape index (κ1) is 36.3. The molecule has 300 valence electrons. The Morgan fingerprint density at radius 1 is 0.312 bits per heavy atom. The number of anilines is 3. The Labute approximate surface area is 370 Å². The van der Waals surface area contributed by atoms with E-state index in [1.165, 1.54) is 33.4 Å². The molecule has 0 N–H and O–H groups in total. The third kappa shape index (κ3) is 5.47. The maximum atomic E-state index is 6.36. The summed E-state index contributed by atoms with van der Waals surface area (Å²) in [7, 11) is 0. The monoisotopic (exact) mass is 817 g/mol. The van der Waals surface area contributed by atoms with Gasteiger partial charge in [-0.3, -0.25) is 0 Å².